The highest BCUT2D eigenvalue weighted by Crippen LogP contribution is 2.45. The molecule has 1 saturated carbocycles. The molecule has 0 aromatic rings. The molecule has 1 unspecified atom stereocenters. The van der Waals surface area contributed by atoms with Crippen LogP contribution in [-0.4, -0.2) is 30.4 Å². The molecule has 3 fully saturated rings. The average molecular weight is 213 g/mol. The van der Waals surface area contributed by atoms with Gasteiger partial charge in [0.05, 0.1) is 6.61 Å². The van der Waals surface area contributed by atoms with Crippen molar-refractivity contribution >= 4 is 11.8 Å². The van der Waals surface area contributed by atoms with E-state index in [0.29, 0.717) is 5.41 Å². The number of thioether (sulfide) groups is 1. The van der Waals surface area contributed by atoms with E-state index in [9.17, 15) is 0 Å². The summed E-state index contributed by atoms with van der Waals surface area (Å²) in [6.45, 7) is 2.22. The zero-order valence-electron chi connectivity index (χ0n) is 8.68. The fourth-order valence-electron chi connectivity index (χ4n) is 2.76. The number of nitrogens with one attached hydrogen (secondary N) is 1. The predicted octanol–water partition coefficient (Wildman–Crippen LogP) is 2.00. The van der Waals surface area contributed by atoms with Gasteiger partial charge in [0.25, 0.3) is 0 Å². The van der Waals surface area contributed by atoms with Crippen LogP contribution in [0.5, 0.6) is 0 Å². The van der Waals surface area contributed by atoms with Crippen molar-refractivity contribution in [3.8, 4) is 0 Å². The molecule has 3 rings (SSSR count). The fourth-order valence-corrected chi connectivity index (χ4v) is 3.91. The van der Waals surface area contributed by atoms with Crippen molar-refractivity contribution in [3.63, 3.8) is 0 Å². The van der Waals surface area contributed by atoms with Gasteiger partial charge in [-0.2, -0.15) is 11.8 Å². The second-order valence-corrected chi connectivity index (χ2v) is 6.25. The van der Waals surface area contributed by atoms with Crippen LogP contribution in [0.1, 0.15) is 32.1 Å². The monoisotopic (exact) mass is 213 g/mol. The highest BCUT2D eigenvalue weighted by atomic mass is 32.2. The quantitative estimate of drug-likeness (QED) is 0.665. The Morgan fingerprint density at radius 1 is 1.14 bits per heavy atom. The maximum atomic E-state index is 6.13. The molecule has 2 spiro atoms. The summed E-state index contributed by atoms with van der Waals surface area (Å²) in [6, 6.07) is 0. The maximum absolute atomic E-state index is 6.13. The Bertz CT molecular complexity index is 209. The topological polar surface area (TPSA) is 21.3 Å². The minimum Gasteiger partial charge on any atom is -0.359 e. The van der Waals surface area contributed by atoms with Crippen LogP contribution < -0.4 is 5.32 Å². The van der Waals surface area contributed by atoms with Crippen LogP contribution in [0.15, 0.2) is 0 Å². The highest BCUT2D eigenvalue weighted by Gasteiger charge is 2.46. The smallest absolute Gasteiger partial charge is 0.128 e. The summed E-state index contributed by atoms with van der Waals surface area (Å²) >= 11 is 2.04. The highest BCUT2D eigenvalue weighted by molar-refractivity contribution is 7.99. The van der Waals surface area contributed by atoms with Crippen molar-refractivity contribution in [2.75, 3.05) is 24.7 Å². The largest absolute Gasteiger partial charge is 0.359 e. The molecule has 0 aromatic carbocycles. The first-order chi connectivity index (χ1) is 6.83. The van der Waals surface area contributed by atoms with Crippen LogP contribution in [0.25, 0.3) is 0 Å². The third-order valence-corrected chi connectivity index (χ3v) is 5.31. The molecule has 2 saturated heterocycles. The van der Waals surface area contributed by atoms with Crippen LogP contribution in [-0.2, 0) is 4.74 Å². The lowest BCUT2D eigenvalue weighted by atomic mass is 9.68. The van der Waals surface area contributed by atoms with Crippen molar-refractivity contribution in [3.05, 3.63) is 0 Å². The lowest BCUT2D eigenvalue weighted by Gasteiger charge is -2.52. The van der Waals surface area contributed by atoms with Gasteiger partial charge in [-0.25, -0.2) is 0 Å². The molecular formula is C11H19NOS. The summed E-state index contributed by atoms with van der Waals surface area (Å²) in [5.74, 6) is 2.47. The second kappa shape index (κ2) is 3.39. The molecule has 3 heteroatoms. The van der Waals surface area contributed by atoms with E-state index in [1.807, 2.05) is 11.8 Å². The van der Waals surface area contributed by atoms with Crippen LogP contribution in [0.3, 0.4) is 0 Å². The Balaban J connectivity index is 1.63. The first-order valence-corrected chi connectivity index (χ1v) is 6.95. The Morgan fingerprint density at radius 2 is 2.07 bits per heavy atom. The summed E-state index contributed by atoms with van der Waals surface area (Å²) in [6.07, 6.45) is 6.69. The number of hydrogen-bond acceptors (Lipinski definition) is 3. The van der Waals surface area contributed by atoms with Gasteiger partial charge in [-0.05, 0) is 31.4 Å². The van der Waals surface area contributed by atoms with Gasteiger partial charge in [-0.15, -0.1) is 0 Å². The third-order valence-electron chi connectivity index (χ3n) is 4.06. The van der Waals surface area contributed by atoms with Crippen LogP contribution in [0.4, 0.5) is 0 Å². The van der Waals surface area contributed by atoms with Gasteiger partial charge in [-0.3, -0.25) is 5.32 Å². The van der Waals surface area contributed by atoms with Gasteiger partial charge >= 0.3 is 0 Å². The van der Waals surface area contributed by atoms with E-state index in [2.05, 4.69) is 5.32 Å². The molecule has 1 N–H and O–H groups in total. The zero-order valence-corrected chi connectivity index (χ0v) is 9.50. The molecule has 0 aromatic heterocycles. The Hall–Kier alpha value is 0.270. The van der Waals surface area contributed by atoms with Crippen LogP contribution >= 0.6 is 11.8 Å². The molecule has 2 heterocycles. The summed E-state index contributed by atoms with van der Waals surface area (Å²) in [5, 5.41) is 3.68. The van der Waals surface area contributed by atoms with Crippen molar-refractivity contribution in [2.24, 2.45) is 5.41 Å². The zero-order chi connectivity index (χ0) is 9.49. The maximum Gasteiger partial charge on any atom is 0.128 e. The third kappa shape index (κ3) is 1.50. The molecule has 1 atom stereocenters. The van der Waals surface area contributed by atoms with Crippen LogP contribution in [0.2, 0.25) is 0 Å². The van der Waals surface area contributed by atoms with E-state index in [1.54, 1.807) is 0 Å². The van der Waals surface area contributed by atoms with E-state index < -0.39 is 0 Å². The molecule has 2 aliphatic heterocycles. The number of rotatable bonds is 0. The minimum absolute atomic E-state index is 0.0593. The Morgan fingerprint density at radius 3 is 2.57 bits per heavy atom. The molecule has 1 aliphatic carbocycles. The van der Waals surface area contributed by atoms with Gasteiger partial charge < -0.3 is 4.74 Å². The number of ether oxygens (including phenoxy) is 1. The lowest BCUT2D eigenvalue weighted by molar-refractivity contribution is -0.157. The summed E-state index contributed by atoms with van der Waals surface area (Å²) in [5.41, 5.74) is 0.594. The molecule has 0 amide bonds. The Labute approximate surface area is 90.2 Å². The first kappa shape index (κ1) is 9.49. The Kier molecular flexibility index (Phi) is 2.30. The summed E-state index contributed by atoms with van der Waals surface area (Å²) in [7, 11) is 0. The van der Waals surface area contributed by atoms with E-state index >= 15 is 0 Å². The molecule has 3 aliphatic rings. The van der Waals surface area contributed by atoms with Crippen molar-refractivity contribution < 1.29 is 4.74 Å². The molecule has 14 heavy (non-hydrogen) atoms. The van der Waals surface area contributed by atoms with Crippen molar-refractivity contribution in [1.82, 2.24) is 5.32 Å². The molecule has 0 radical (unpaired) electrons. The van der Waals surface area contributed by atoms with E-state index in [-0.39, 0.29) is 5.72 Å². The fraction of sp³-hybridized carbons (Fsp3) is 1.00. The first-order valence-electron chi connectivity index (χ1n) is 5.80. The molecule has 2 nitrogen and oxygen atoms in total. The minimum atomic E-state index is 0.0593. The normalized spacial score (nSPS) is 41.1. The van der Waals surface area contributed by atoms with E-state index in [0.717, 1.165) is 12.4 Å². The van der Waals surface area contributed by atoms with Gasteiger partial charge in [-0.1, -0.05) is 6.42 Å². The van der Waals surface area contributed by atoms with E-state index in [1.165, 1.54) is 44.4 Å². The SMILES string of the molecule is C1CC2(C1)CNC1(CCCSC1)OC2. The average Bonchev–Trinajstić information content (AvgIpc) is 2.18. The summed E-state index contributed by atoms with van der Waals surface area (Å²) in [4.78, 5) is 0. The van der Waals surface area contributed by atoms with Gasteiger partial charge in [0.2, 0.25) is 0 Å². The lowest BCUT2D eigenvalue weighted by Crippen LogP contribution is -2.62. The standard InChI is InChI=1S/C11H19NOS/c1-3-10(4-1)7-12-11(13-8-10)5-2-6-14-9-11/h12H,1-9H2. The molecule has 80 valence electrons. The van der Waals surface area contributed by atoms with Gasteiger partial charge in [0.1, 0.15) is 5.72 Å². The van der Waals surface area contributed by atoms with E-state index in [4.69, 9.17) is 4.74 Å². The predicted molar refractivity (Wildman–Crippen MR) is 59.5 cm³/mol. The van der Waals surface area contributed by atoms with Crippen molar-refractivity contribution in [2.45, 2.75) is 37.8 Å². The van der Waals surface area contributed by atoms with Crippen LogP contribution in [0, 0.1) is 5.41 Å². The second-order valence-electron chi connectivity index (χ2n) is 5.15. The molecule has 0 bridgehead atoms. The summed E-state index contributed by atoms with van der Waals surface area (Å²) < 4.78 is 6.13. The molecular weight excluding hydrogens is 194 g/mol. The number of hydrogen-bond donors (Lipinski definition) is 1. The van der Waals surface area contributed by atoms with Crippen molar-refractivity contribution in [1.29, 1.82) is 0 Å². The van der Waals surface area contributed by atoms with Gasteiger partial charge in [0.15, 0.2) is 0 Å². The van der Waals surface area contributed by atoms with Gasteiger partial charge in [0, 0.05) is 17.7 Å².